The Labute approximate surface area is 846 Å². The van der Waals surface area contributed by atoms with E-state index in [9.17, 15) is 99.0 Å². The molecule has 11 N–H and O–H groups in total. The van der Waals surface area contributed by atoms with Crippen molar-refractivity contribution < 1.29 is 142 Å². The number of ketones is 2. The third kappa shape index (κ3) is 36.3. The number of benzene rings is 5. The summed E-state index contributed by atoms with van der Waals surface area (Å²) in [7, 11) is 1.22. The highest BCUT2D eigenvalue weighted by molar-refractivity contribution is 6.35. The highest BCUT2D eigenvalue weighted by Gasteiger charge is 2.38. The number of fused-ring (bicyclic) bond motifs is 6. The Balaban J connectivity index is 0.000000200. The number of carbonyl (C=O) groups excluding carboxylic acids is 10. The lowest BCUT2D eigenvalue weighted by atomic mass is 9.99. The topological polar surface area (TPSA) is 512 Å². The number of hydrogen-bond acceptors (Lipinski definition) is 33. The van der Waals surface area contributed by atoms with Crippen LogP contribution >= 0.6 is 46.4 Å². The van der Waals surface area contributed by atoms with Crippen LogP contribution in [0.4, 0.5) is 0 Å². The van der Waals surface area contributed by atoms with Crippen molar-refractivity contribution in [1.29, 1.82) is 0 Å². The van der Waals surface area contributed by atoms with Crippen LogP contribution in [0.15, 0.2) is 173 Å². The molecule has 0 aromatic heterocycles. The predicted octanol–water partition coefficient (Wildman–Crippen LogP) is 16.6. The summed E-state index contributed by atoms with van der Waals surface area (Å²) in [6.07, 6.45) is 48.5. The van der Waals surface area contributed by atoms with Gasteiger partial charge in [0.15, 0.2) is 24.8 Å². The fourth-order valence-electron chi connectivity index (χ4n) is 15.3. The first-order chi connectivity index (χ1) is 68.7. The normalized spacial score (nSPS) is 22.2. The molecule has 3 fully saturated rings. The Morgan fingerprint density at radius 2 is 0.762 bits per heavy atom. The van der Waals surface area contributed by atoms with Gasteiger partial charge in [0.1, 0.15) is 91.4 Å². The first-order valence-electron chi connectivity index (χ1n) is 46.7. The van der Waals surface area contributed by atoms with Crippen LogP contribution in [0.5, 0.6) is 57.5 Å². The second-order valence-electron chi connectivity index (χ2n) is 33.7. The zero-order valence-electron chi connectivity index (χ0n) is 79.3. The van der Waals surface area contributed by atoms with Gasteiger partial charge in [-0.25, -0.2) is 28.8 Å². The number of aromatic hydroxyl groups is 10. The van der Waals surface area contributed by atoms with Gasteiger partial charge in [0.2, 0.25) is 6.61 Å². The van der Waals surface area contributed by atoms with Gasteiger partial charge in [-0.15, -0.1) is 0 Å². The molecule has 7 heterocycles. The lowest BCUT2D eigenvalue weighted by Crippen LogP contribution is -2.47. The molecule has 1 saturated carbocycles. The fourth-order valence-corrected chi connectivity index (χ4v) is 16.2. The Hall–Kier alpha value is -13.9. The zero-order chi connectivity index (χ0) is 103. The Kier molecular flexibility index (Phi) is 46.1. The summed E-state index contributed by atoms with van der Waals surface area (Å²) in [4.78, 5) is 142. The molecule has 766 valence electrons. The first-order valence-corrected chi connectivity index (χ1v) is 48.2. The molecule has 5 aromatic rings. The van der Waals surface area contributed by atoms with E-state index in [1.165, 1.54) is 25.3 Å². The van der Waals surface area contributed by atoms with Crippen molar-refractivity contribution in [2.75, 3.05) is 86.0 Å². The number of phenolic OH excluding ortho intramolecular Hbond substituents is 10. The number of phenols is 10. The van der Waals surface area contributed by atoms with Gasteiger partial charge in [0.25, 0.3) is 11.8 Å². The molecule has 0 radical (unpaired) electrons. The van der Waals surface area contributed by atoms with Crippen molar-refractivity contribution in [2.45, 2.75) is 167 Å². The number of rotatable bonds is 9. The quantitative estimate of drug-likeness (QED) is 0.0282. The minimum absolute atomic E-state index is 0.0191. The number of piperidine rings is 1. The summed E-state index contributed by atoms with van der Waals surface area (Å²) in [5.41, 5.74) is 1.23. The number of oxime groups is 3. The predicted molar refractivity (Wildman–Crippen MR) is 533 cm³/mol. The van der Waals surface area contributed by atoms with Crippen LogP contribution in [-0.4, -0.2) is 235 Å². The molecule has 8 aliphatic rings. The van der Waals surface area contributed by atoms with E-state index >= 15 is 0 Å². The number of allylic oxidation sites excluding steroid dienone is 16. The van der Waals surface area contributed by atoms with E-state index in [4.69, 9.17) is 84.6 Å². The molecule has 4 atom stereocenters. The molecule has 0 unspecified atom stereocenters. The lowest BCUT2D eigenvalue weighted by molar-refractivity contribution is -0.146. The second kappa shape index (κ2) is 58.5. The monoisotopic (exact) mass is 2050 g/mol. The molecule has 13 rings (SSSR count). The molecule has 2 amide bonds. The summed E-state index contributed by atoms with van der Waals surface area (Å²) in [6.45, 7) is 7.35. The Morgan fingerprint density at radius 1 is 0.392 bits per heavy atom. The van der Waals surface area contributed by atoms with E-state index < -0.39 is 88.8 Å². The van der Waals surface area contributed by atoms with Gasteiger partial charge >= 0.3 is 35.8 Å². The number of nitrogens with zero attached hydrogens (tertiary/aromatic N) is 5. The number of carbonyl (C=O) groups is 10. The van der Waals surface area contributed by atoms with Crippen molar-refractivity contribution in [2.24, 2.45) is 27.3 Å². The van der Waals surface area contributed by atoms with Gasteiger partial charge in [-0.2, -0.15) is 0 Å². The SMILES string of the molecule is COC(=O)CON=C1/C=C/CC/C=C/CCOC(=O)c2c(O)cc(O)c(Cl)c2C1.C[C@@H]1C/C=C/CC/C=C/C(=O)Cc2c(Cl)c(O)cc(O)c2C(=O)O1.C[C@@H]1C[C@H]2C[C@H]2/C=C\C=C\C(=O)Cc2c(Cl)c(O)cc(O)c2C(=O)O1.O=C1OCC/C=C/CC/C=C/C(=N/OCC(=O)N2CCCCC2)Cc2cc(O)cc(O)c21.O=C1OCC/C=C/CC/C=C/C(=NOCC(=O)N2CCNCC2)Cc2c(Cl)c(O)cc(O)c21. The molecule has 39 heteroatoms. The number of halogens is 4. The maximum Gasteiger partial charge on any atom is 0.346 e. The standard InChI is InChI=1S/C24H30N2O6.C23H28ClN3O6.C20H22ClNO7.C19H19ClO5.C18H19ClO5/c27-20-15-18-14-19(25-32-17-22(29)26-11-7-5-8-12-26)10-6-3-1-2-4-9-13-31-24(30)23(18)21(28)16-20;24-22-17-13-16(26-33-15-20(30)27-10-8-25-9-11-27)7-5-3-1-2-4-6-12-32-23(31)21(17)18(28)14-19(22)29;1-27-17(25)12-29-22-13-8-6-4-2-3-5-7-9-28-20(26)18-14(10-13)19(21)16(24)11-15(18)23;1-10-6-12-7-11(12)4-2-3-5-13(21)8-14-17(19(24)25-10)15(22)9-16(23)18(14)20;1-11-7-5-3-2-4-6-8-12(20)9-13-16(18(23)24-11)14(21)10-15(22)17(13)19/h2,4,6,10,15-16,27-28H,1,3,5,7-9,11-14,17H2;2,4-5,7,14,25,28-29H,1,3,6,8-13,15H2;3,5-6,8,11,23-24H,2,4,7,9-10,12H2,1H3;2-5,9-12,22-23H,6-8H2,1H3;3,5-6,8,10-11,21-22H,2,4,7,9H2,1H3/b4-2+,10-6+,25-19-;4-2+,7-5+,26-16?;5-3+,8-6+,22-13?;4-2-,5-3+;5-3+,8-6+/t;;;10-,11-,12+;11-/m...11/s1. The van der Waals surface area contributed by atoms with Crippen LogP contribution in [0.25, 0.3) is 0 Å². The third-order valence-electron chi connectivity index (χ3n) is 22.7. The summed E-state index contributed by atoms with van der Waals surface area (Å²) in [5, 5.41) is 115. The number of methoxy groups -OCH3 is 1. The highest BCUT2D eigenvalue weighted by Crippen LogP contribution is 2.46. The molecule has 5 aromatic carbocycles. The molecule has 7 aliphatic heterocycles. The van der Waals surface area contributed by atoms with Gasteiger partial charge in [-0.3, -0.25) is 19.2 Å². The van der Waals surface area contributed by atoms with E-state index in [1.54, 1.807) is 54.0 Å². The van der Waals surface area contributed by atoms with Crippen molar-refractivity contribution in [3.8, 4) is 57.5 Å². The van der Waals surface area contributed by atoms with Crippen LogP contribution in [-0.2, 0) is 99.0 Å². The molecular formula is C104H118Cl4N6O29. The summed E-state index contributed by atoms with van der Waals surface area (Å²) in [5.74, 6) is -8.25. The minimum Gasteiger partial charge on any atom is -0.508 e. The number of amides is 2. The van der Waals surface area contributed by atoms with Gasteiger partial charge in [-0.1, -0.05) is 153 Å². The number of nitrogens with one attached hydrogen (secondary N) is 1. The van der Waals surface area contributed by atoms with E-state index in [0.717, 1.165) is 134 Å². The zero-order valence-corrected chi connectivity index (χ0v) is 82.4. The molecule has 0 spiro atoms. The highest BCUT2D eigenvalue weighted by atomic mass is 35.5. The van der Waals surface area contributed by atoms with Gasteiger partial charge in [0.05, 0.1) is 70.3 Å². The third-order valence-corrected chi connectivity index (χ3v) is 24.4. The Morgan fingerprint density at radius 3 is 1.22 bits per heavy atom. The number of piperazine rings is 1. The van der Waals surface area contributed by atoms with E-state index in [-0.39, 0.29) is 182 Å². The largest absolute Gasteiger partial charge is 0.508 e. The van der Waals surface area contributed by atoms with Crippen LogP contribution in [0, 0.1) is 11.8 Å². The number of hydrogen-bond donors (Lipinski definition) is 11. The van der Waals surface area contributed by atoms with E-state index in [0.29, 0.717) is 79.7 Å². The van der Waals surface area contributed by atoms with Crippen LogP contribution < -0.4 is 5.32 Å². The van der Waals surface area contributed by atoms with Crippen molar-refractivity contribution in [3.63, 3.8) is 0 Å². The summed E-state index contributed by atoms with van der Waals surface area (Å²) in [6, 6.07) is 6.42. The minimum atomic E-state index is -0.779. The fraction of sp³-hybridized carbons (Fsp3) is 0.394. The average Bonchev–Trinajstić information content (AvgIpc) is 1.33. The van der Waals surface area contributed by atoms with Crippen LogP contribution in [0.3, 0.4) is 0 Å². The van der Waals surface area contributed by atoms with E-state index in [2.05, 4.69) is 25.5 Å². The first kappa shape index (κ1) is 113. The molecular weight excluding hydrogens is 1940 g/mol. The van der Waals surface area contributed by atoms with Crippen molar-refractivity contribution >= 4 is 123 Å². The second-order valence-corrected chi connectivity index (χ2v) is 35.3. The van der Waals surface area contributed by atoms with Crippen LogP contribution in [0.2, 0.25) is 20.1 Å². The number of likely N-dealkylation sites (tertiary alicyclic amines) is 1. The van der Waals surface area contributed by atoms with Crippen molar-refractivity contribution in [3.05, 3.63) is 234 Å². The summed E-state index contributed by atoms with van der Waals surface area (Å²) < 4.78 is 31.0. The molecule has 1 aliphatic carbocycles. The number of ether oxygens (including phenoxy) is 6. The number of cyclic esters (lactones) is 5. The maximum absolute atomic E-state index is 12.7. The van der Waals surface area contributed by atoms with Crippen LogP contribution in [0.1, 0.15) is 203 Å². The maximum atomic E-state index is 12.7. The molecule has 2 saturated heterocycles. The molecule has 35 nitrogen and oxygen atoms in total. The lowest BCUT2D eigenvalue weighted by Gasteiger charge is -2.26. The van der Waals surface area contributed by atoms with Gasteiger partial charge in [-0.05, 0) is 182 Å². The number of esters is 6. The van der Waals surface area contributed by atoms with Gasteiger partial charge < -0.3 is 109 Å². The smallest absolute Gasteiger partial charge is 0.346 e. The van der Waals surface area contributed by atoms with E-state index in [1.807, 2.05) is 79.0 Å². The summed E-state index contributed by atoms with van der Waals surface area (Å²) >= 11 is 24.6. The van der Waals surface area contributed by atoms with Crippen molar-refractivity contribution in [1.82, 2.24) is 15.1 Å². The molecule has 143 heavy (non-hydrogen) atoms. The molecule has 0 bridgehead atoms. The van der Waals surface area contributed by atoms with Gasteiger partial charge in [0, 0.05) is 119 Å². The average molecular weight is 2060 g/mol. The Bertz CT molecular complexity index is 5800.